The SMILES string of the molecule is COc1cc(C=C(C#N)C(=O)Nc2ccccc2)ccc1OCC(=O)Nc1ccc(Cl)c(Cl)c1. The van der Waals surface area contributed by atoms with E-state index in [1.54, 1.807) is 54.6 Å². The number of amides is 2. The van der Waals surface area contributed by atoms with Crippen LogP contribution in [0.25, 0.3) is 6.08 Å². The molecule has 0 saturated heterocycles. The van der Waals surface area contributed by atoms with Crippen molar-refractivity contribution in [1.82, 2.24) is 0 Å². The highest BCUT2D eigenvalue weighted by Crippen LogP contribution is 2.29. The molecule has 34 heavy (non-hydrogen) atoms. The van der Waals surface area contributed by atoms with Gasteiger partial charge in [-0.25, -0.2) is 0 Å². The topological polar surface area (TPSA) is 100 Å². The van der Waals surface area contributed by atoms with Gasteiger partial charge in [0.05, 0.1) is 17.2 Å². The fraction of sp³-hybridized carbons (Fsp3) is 0.0800. The van der Waals surface area contributed by atoms with Crippen LogP contribution in [0.4, 0.5) is 11.4 Å². The van der Waals surface area contributed by atoms with Gasteiger partial charge in [0.15, 0.2) is 18.1 Å². The van der Waals surface area contributed by atoms with Crippen LogP contribution < -0.4 is 20.1 Å². The third kappa shape index (κ3) is 6.75. The number of carbonyl (C=O) groups excluding carboxylic acids is 2. The molecule has 0 atom stereocenters. The summed E-state index contributed by atoms with van der Waals surface area (Å²) in [7, 11) is 1.44. The fourth-order valence-electron chi connectivity index (χ4n) is 2.84. The summed E-state index contributed by atoms with van der Waals surface area (Å²) >= 11 is 11.8. The van der Waals surface area contributed by atoms with Crippen LogP contribution in [0.15, 0.2) is 72.3 Å². The van der Waals surface area contributed by atoms with Gasteiger partial charge in [0, 0.05) is 11.4 Å². The largest absolute Gasteiger partial charge is 0.493 e. The Morgan fingerprint density at radius 2 is 1.71 bits per heavy atom. The molecule has 0 aliphatic rings. The summed E-state index contributed by atoms with van der Waals surface area (Å²) in [6, 6.07) is 20.3. The van der Waals surface area contributed by atoms with Gasteiger partial charge in [0.1, 0.15) is 11.6 Å². The summed E-state index contributed by atoms with van der Waals surface area (Å²) in [5, 5.41) is 15.4. The van der Waals surface area contributed by atoms with Gasteiger partial charge in [-0.05, 0) is 54.1 Å². The van der Waals surface area contributed by atoms with Gasteiger partial charge in [0.2, 0.25) is 0 Å². The molecule has 2 amide bonds. The Bertz CT molecular complexity index is 1270. The van der Waals surface area contributed by atoms with Crippen LogP contribution in [0.5, 0.6) is 11.5 Å². The summed E-state index contributed by atoms with van der Waals surface area (Å²) in [5.41, 5.74) is 1.52. The minimum atomic E-state index is -0.535. The van der Waals surface area contributed by atoms with Gasteiger partial charge < -0.3 is 20.1 Å². The van der Waals surface area contributed by atoms with E-state index in [0.717, 1.165) is 0 Å². The maximum atomic E-state index is 12.4. The first-order chi connectivity index (χ1) is 16.4. The Balaban J connectivity index is 1.67. The number of nitriles is 1. The van der Waals surface area contributed by atoms with Crippen LogP contribution in [0, 0.1) is 11.3 Å². The number of ether oxygens (including phenoxy) is 2. The second kappa shape index (κ2) is 11.8. The average molecular weight is 496 g/mol. The van der Waals surface area contributed by atoms with Crippen LogP contribution in [0.3, 0.4) is 0 Å². The van der Waals surface area contributed by atoms with E-state index in [9.17, 15) is 14.9 Å². The quantitative estimate of drug-likeness (QED) is 0.314. The van der Waals surface area contributed by atoms with Crippen LogP contribution in [0.2, 0.25) is 10.0 Å². The van der Waals surface area contributed by atoms with Gasteiger partial charge in [-0.3, -0.25) is 9.59 Å². The number of methoxy groups -OCH3 is 1. The number of halogens is 2. The van der Waals surface area contributed by atoms with Crippen molar-refractivity contribution < 1.29 is 19.1 Å². The Morgan fingerprint density at radius 3 is 2.38 bits per heavy atom. The highest BCUT2D eigenvalue weighted by Gasteiger charge is 2.12. The second-order valence-electron chi connectivity index (χ2n) is 6.87. The Kier molecular flexibility index (Phi) is 8.52. The monoisotopic (exact) mass is 495 g/mol. The summed E-state index contributed by atoms with van der Waals surface area (Å²) in [6.45, 7) is -0.283. The van der Waals surface area contributed by atoms with E-state index in [1.165, 1.54) is 19.3 Å². The molecule has 0 saturated carbocycles. The van der Waals surface area contributed by atoms with Crippen molar-refractivity contribution in [2.75, 3.05) is 24.4 Å². The van der Waals surface area contributed by atoms with Crippen LogP contribution >= 0.6 is 23.2 Å². The van der Waals surface area contributed by atoms with Gasteiger partial charge in [-0.1, -0.05) is 47.5 Å². The summed E-state index contributed by atoms with van der Waals surface area (Å²) in [6.07, 6.45) is 1.43. The highest BCUT2D eigenvalue weighted by atomic mass is 35.5. The predicted octanol–water partition coefficient (Wildman–Crippen LogP) is 5.57. The first-order valence-corrected chi connectivity index (χ1v) is 10.7. The zero-order valence-electron chi connectivity index (χ0n) is 18.0. The van der Waals surface area contributed by atoms with Crippen LogP contribution in [-0.2, 0) is 9.59 Å². The first kappa shape index (κ1) is 24.6. The second-order valence-corrected chi connectivity index (χ2v) is 7.68. The minimum Gasteiger partial charge on any atom is -0.493 e. The number of nitrogens with one attached hydrogen (secondary N) is 2. The molecule has 7 nitrogen and oxygen atoms in total. The molecule has 0 radical (unpaired) electrons. The van der Waals surface area contributed by atoms with Crippen LogP contribution in [0.1, 0.15) is 5.56 Å². The number of hydrogen-bond acceptors (Lipinski definition) is 5. The molecule has 0 heterocycles. The maximum absolute atomic E-state index is 12.4. The van der Waals surface area contributed by atoms with Crippen molar-refractivity contribution in [1.29, 1.82) is 5.26 Å². The molecule has 3 rings (SSSR count). The van der Waals surface area contributed by atoms with Gasteiger partial charge in [-0.2, -0.15) is 5.26 Å². The standard InChI is InChI=1S/C25H19Cl2N3O4/c1-33-23-12-16(11-17(14-28)25(32)30-18-5-3-2-4-6-18)7-10-22(23)34-15-24(31)29-19-8-9-20(26)21(27)13-19/h2-13H,15H2,1H3,(H,29,31)(H,30,32). The Labute approximate surface area is 206 Å². The molecule has 172 valence electrons. The lowest BCUT2D eigenvalue weighted by molar-refractivity contribution is -0.118. The predicted molar refractivity (Wildman–Crippen MR) is 132 cm³/mol. The highest BCUT2D eigenvalue weighted by molar-refractivity contribution is 6.42. The van der Waals surface area contributed by atoms with Crippen molar-refractivity contribution in [2.45, 2.75) is 0 Å². The van der Waals surface area contributed by atoms with E-state index in [4.69, 9.17) is 32.7 Å². The molecular weight excluding hydrogens is 477 g/mol. The number of carbonyl (C=O) groups is 2. The molecule has 0 spiro atoms. The number of hydrogen-bond donors (Lipinski definition) is 2. The van der Waals surface area contributed by atoms with E-state index < -0.39 is 11.8 Å². The van der Waals surface area contributed by atoms with E-state index in [-0.39, 0.29) is 12.2 Å². The molecule has 0 aliphatic heterocycles. The van der Waals surface area contributed by atoms with Crippen molar-refractivity contribution >= 4 is 52.5 Å². The molecule has 3 aromatic rings. The van der Waals surface area contributed by atoms with Crippen molar-refractivity contribution in [3.05, 3.63) is 87.9 Å². The zero-order chi connectivity index (χ0) is 24.5. The average Bonchev–Trinajstić information content (AvgIpc) is 2.84. The first-order valence-electron chi connectivity index (χ1n) is 9.93. The van der Waals surface area contributed by atoms with Crippen molar-refractivity contribution in [3.8, 4) is 17.6 Å². The molecule has 0 fully saturated rings. The maximum Gasteiger partial charge on any atom is 0.266 e. The molecule has 0 bridgehead atoms. The fourth-order valence-corrected chi connectivity index (χ4v) is 3.14. The lowest BCUT2D eigenvalue weighted by atomic mass is 10.1. The Morgan fingerprint density at radius 1 is 0.941 bits per heavy atom. The molecule has 9 heteroatoms. The molecule has 0 aliphatic carbocycles. The molecule has 0 aromatic heterocycles. The van der Waals surface area contributed by atoms with Gasteiger partial charge in [-0.15, -0.1) is 0 Å². The summed E-state index contributed by atoms with van der Waals surface area (Å²) in [4.78, 5) is 24.6. The van der Waals surface area contributed by atoms with Gasteiger partial charge in [0.25, 0.3) is 11.8 Å². The van der Waals surface area contributed by atoms with E-state index >= 15 is 0 Å². The van der Waals surface area contributed by atoms with Gasteiger partial charge >= 0.3 is 0 Å². The minimum absolute atomic E-state index is 0.0828. The third-order valence-electron chi connectivity index (χ3n) is 4.46. The molecular formula is C25H19Cl2N3O4. The Hall–Kier alpha value is -3.99. The van der Waals surface area contributed by atoms with E-state index in [2.05, 4.69) is 10.6 Å². The summed E-state index contributed by atoms with van der Waals surface area (Å²) < 4.78 is 10.9. The number of para-hydroxylation sites is 1. The summed E-state index contributed by atoms with van der Waals surface area (Å²) in [5.74, 6) is -0.297. The van der Waals surface area contributed by atoms with E-state index in [1.807, 2.05) is 12.1 Å². The van der Waals surface area contributed by atoms with Crippen molar-refractivity contribution in [3.63, 3.8) is 0 Å². The zero-order valence-corrected chi connectivity index (χ0v) is 19.5. The van der Waals surface area contributed by atoms with Crippen molar-refractivity contribution in [2.24, 2.45) is 0 Å². The lowest BCUT2D eigenvalue weighted by Gasteiger charge is -2.12. The molecule has 2 N–H and O–H groups in total. The molecule has 0 unspecified atom stereocenters. The third-order valence-corrected chi connectivity index (χ3v) is 5.20. The number of anilines is 2. The number of nitrogens with zero attached hydrogens (tertiary/aromatic N) is 1. The smallest absolute Gasteiger partial charge is 0.266 e. The normalized spacial score (nSPS) is 10.7. The number of benzene rings is 3. The molecule has 3 aromatic carbocycles. The lowest BCUT2D eigenvalue weighted by Crippen LogP contribution is -2.20. The van der Waals surface area contributed by atoms with Crippen LogP contribution in [-0.4, -0.2) is 25.5 Å². The number of rotatable bonds is 8. The van der Waals surface area contributed by atoms with E-state index in [0.29, 0.717) is 38.5 Å².